The highest BCUT2D eigenvalue weighted by Crippen LogP contribution is 2.32. The fourth-order valence-corrected chi connectivity index (χ4v) is 3.51. The zero-order valence-electron chi connectivity index (χ0n) is 13.4. The van der Waals surface area contributed by atoms with Crippen molar-refractivity contribution >= 4 is 5.91 Å². The van der Waals surface area contributed by atoms with E-state index in [1.54, 1.807) is 14.0 Å². The number of carbonyl (C=O) groups excluding carboxylic acids is 1. The molecule has 1 heterocycles. The lowest BCUT2D eigenvalue weighted by Crippen LogP contribution is -2.56. The van der Waals surface area contributed by atoms with Crippen LogP contribution in [0.5, 0.6) is 0 Å². The van der Waals surface area contributed by atoms with Crippen LogP contribution in [0, 0.1) is 5.92 Å². The Morgan fingerprint density at radius 1 is 1.33 bits per heavy atom. The van der Waals surface area contributed by atoms with E-state index in [9.17, 15) is 9.90 Å². The number of ether oxygens (including phenoxy) is 1. The Bertz CT molecular complexity index is 346. The molecule has 2 rings (SSSR count). The summed E-state index contributed by atoms with van der Waals surface area (Å²) >= 11 is 0. The van der Waals surface area contributed by atoms with Gasteiger partial charge < -0.3 is 20.5 Å². The molecule has 0 bridgehead atoms. The summed E-state index contributed by atoms with van der Waals surface area (Å²) in [5.74, 6) is 0.782. The van der Waals surface area contributed by atoms with Gasteiger partial charge in [0.05, 0.1) is 11.6 Å². The SMILES string of the molecule is COCCC(C)(O)CNC(=O)C1CCC2CCCCC2N1. The number of nitrogens with one attached hydrogen (secondary N) is 2. The maximum atomic E-state index is 12.3. The molecule has 0 radical (unpaired) electrons. The number of hydrogen-bond donors (Lipinski definition) is 3. The van der Waals surface area contributed by atoms with Crippen molar-refractivity contribution in [1.29, 1.82) is 0 Å². The summed E-state index contributed by atoms with van der Waals surface area (Å²) in [5, 5.41) is 16.6. The Hall–Kier alpha value is -0.650. The van der Waals surface area contributed by atoms with Crippen LogP contribution >= 0.6 is 0 Å². The van der Waals surface area contributed by atoms with Gasteiger partial charge in [-0.05, 0) is 38.5 Å². The molecule has 0 aromatic carbocycles. The third-order valence-corrected chi connectivity index (χ3v) is 4.96. The van der Waals surface area contributed by atoms with E-state index in [1.807, 2.05) is 0 Å². The molecule has 5 heteroatoms. The van der Waals surface area contributed by atoms with Gasteiger partial charge in [-0.1, -0.05) is 12.8 Å². The Morgan fingerprint density at radius 2 is 2.10 bits per heavy atom. The lowest BCUT2D eigenvalue weighted by molar-refractivity contribution is -0.125. The molecule has 0 aromatic heterocycles. The third kappa shape index (κ3) is 4.94. The van der Waals surface area contributed by atoms with Crippen molar-refractivity contribution in [2.45, 2.75) is 69.6 Å². The minimum Gasteiger partial charge on any atom is -0.388 e. The van der Waals surface area contributed by atoms with E-state index in [0.29, 0.717) is 19.1 Å². The second-order valence-corrected chi connectivity index (χ2v) is 6.91. The van der Waals surface area contributed by atoms with Crippen molar-refractivity contribution in [1.82, 2.24) is 10.6 Å². The van der Waals surface area contributed by atoms with Crippen molar-refractivity contribution in [3.8, 4) is 0 Å². The summed E-state index contributed by atoms with van der Waals surface area (Å²) in [7, 11) is 1.61. The first kappa shape index (κ1) is 16.7. The van der Waals surface area contributed by atoms with E-state index in [4.69, 9.17) is 4.74 Å². The molecule has 2 aliphatic rings. The molecule has 4 atom stereocenters. The van der Waals surface area contributed by atoms with Crippen molar-refractivity contribution < 1.29 is 14.6 Å². The fourth-order valence-electron chi connectivity index (χ4n) is 3.51. The maximum absolute atomic E-state index is 12.3. The molecule has 4 unspecified atom stereocenters. The predicted octanol–water partition coefficient (Wildman–Crippen LogP) is 1.20. The second-order valence-electron chi connectivity index (χ2n) is 6.91. The van der Waals surface area contributed by atoms with E-state index in [1.165, 1.54) is 25.7 Å². The smallest absolute Gasteiger partial charge is 0.237 e. The van der Waals surface area contributed by atoms with Gasteiger partial charge in [0.15, 0.2) is 0 Å². The lowest BCUT2D eigenvalue weighted by Gasteiger charge is -2.40. The minimum absolute atomic E-state index is 0.0247. The number of carbonyl (C=O) groups is 1. The molecular weight excluding hydrogens is 268 g/mol. The van der Waals surface area contributed by atoms with Crippen LogP contribution in [-0.4, -0.2) is 49.0 Å². The normalized spacial score (nSPS) is 32.0. The number of aliphatic hydroxyl groups is 1. The summed E-state index contributed by atoms with van der Waals surface area (Å²) in [4.78, 5) is 12.3. The zero-order chi connectivity index (χ0) is 15.3. The van der Waals surface area contributed by atoms with E-state index in [2.05, 4.69) is 10.6 Å². The molecular formula is C16H30N2O3. The molecule has 1 aliphatic carbocycles. The van der Waals surface area contributed by atoms with Gasteiger partial charge in [-0.15, -0.1) is 0 Å². The quantitative estimate of drug-likeness (QED) is 0.689. The number of rotatable bonds is 6. The molecule has 1 saturated carbocycles. The first-order valence-electron chi connectivity index (χ1n) is 8.27. The molecule has 1 saturated heterocycles. The largest absolute Gasteiger partial charge is 0.388 e. The number of piperidine rings is 1. The Morgan fingerprint density at radius 3 is 2.86 bits per heavy atom. The topological polar surface area (TPSA) is 70.6 Å². The van der Waals surface area contributed by atoms with Gasteiger partial charge in [0.1, 0.15) is 0 Å². The van der Waals surface area contributed by atoms with Gasteiger partial charge in [-0.25, -0.2) is 0 Å². The predicted molar refractivity (Wildman–Crippen MR) is 82.0 cm³/mol. The number of hydrogen-bond acceptors (Lipinski definition) is 4. The molecule has 3 N–H and O–H groups in total. The second kappa shape index (κ2) is 7.56. The van der Waals surface area contributed by atoms with Gasteiger partial charge in [-0.2, -0.15) is 0 Å². The molecule has 1 aliphatic heterocycles. The van der Waals surface area contributed by atoms with Crippen molar-refractivity contribution in [2.24, 2.45) is 5.92 Å². The van der Waals surface area contributed by atoms with Gasteiger partial charge in [-0.3, -0.25) is 4.79 Å². The van der Waals surface area contributed by atoms with Gasteiger partial charge >= 0.3 is 0 Å². The van der Waals surface area contributed by atoms with Crippen molar-refractivity contribution in [3.05, 3.63) is 0 Å². The molecule has 21 heavy (non-hydrogen) atoms. The first-order chi connectivity index (χ1) is 10.0. The van der Waals surface area contributed by atoms with Crippen LogP contribution < -0.4 is 10.6 Å². The van der Waals surface area contributed by atoms with Crippen molar-refractivity contribution in [3.63, 3.8) is 0 Å². The van der Waals surface area contributed by atoms with Gasteiger partial charge in [0.2, 0.25) is 5.91 Å². The van der Waals surface area contributed by atoms with Crippen LogP contribution in [-0.2, 0) is 9.53 Å². The number of fused-ring (bicyclic) bond motifs is 1. The standard InChI is InChI=1S/C16H30N2O3/c1-16(20,9-10-21-2)11-17-15(19)14-8-7-12-5-3-4-6-13(12)18-14/h12-14,18,20H,3-11H2,1-2H3,(H,17,19). The summed E-state index contributed by atoms with van der Waals surface area (Å²) in [6, 6.07) is 0.417. The summed E-state index contributed by atoms with van der Waals surface area (Å²) < 4.78 is 4.97. The molecule has 122 valence electrons. The lowest BCUT2D eigenvalue weighted by atomic mass is 9.77. The average Bonchev–Trinajstić information content (AvgIpc) is 2.50. The minimum atomic E-state index is -0.909. The number of methoxy groups -OCH3 is 1. The zero-order valence-corrected chi connectivity index (χ0v) is 13.4. The molecule has 0 spiro atoms. The van der Waals surface area contributed by atoms with Crippen LogP contribution in [0.2, 0.25) is 0 Å². The van der Waals surface area contributed by atoms with Gasteiger partial charge in [0, 0.05) is 32.7 Å². The first-order valence-corrected chi connectivity index (χ1v) is 8.27. The Kier molecular flexibility index (Phi) is 6.02. The number of amides is 1. The Balaban J connectivity index is 1.75. The highest BCUT2D eigenvalue weighted by Gasteiger charge is 2.34. The van der Waals surface area contributed by atoms with E-state index >= 15 is 0 Å². The maximum Gasteiger partial charge on any atom is 0.237 e. The van der Waals surface area contributed by atoms with E-state index < -0.39 is 5.60 Å². The summed E-state index contributed by atoms with van der Waals surface area (Å²) in [6.07, 6.45) is 7.68. The Labute approximate surface area is 127 Å². The third-order valence-electron chi connectivity index (χ3n) is 4.96. The van der Waals surface area contributed by atoms with E-state index in [0.717, 1.165) is 18.8 Å². The fraction of sp³-hybridized carbons (Fsp3) is 0.938. The van der Waals surface area contributed by atoms with Crippen LogP contribution in [0.25, 0.3) is 0 Å². The molecule has 0 aromatic rings. The van der Waals surface area contributed by atoms with Crippen molar-refractivity contribution in [2.75, 3.05) is 20.3 Å². The van der Waals surface area contributed by atoms with Crippen LogP contribution in [0.15, 0.2) is 0 Å². The molecule has 1 amide bonds. The summed E-state index contributed by atoms with van der Waals surface area (Å²) in [6.45, 7) is 2.51. The van der Waals surface area contributed by atoms with E-state index in [-0.39, 0.29) is 18.5 Å². The summed E-state index contributed by atoms with van der Waals surface area (Å²) in [5.41, 5.74) is -0.909. The van der Waals surface area contributed by atoms with Crippen LogP contribution in [0.3, 0.4) is 0 Å². The monoisotopic (exact) mass is 298 g/mol. The highest BCUT2D eigenvalue weighted by atomic mass is 16.5. The van der Waals surface area contributed by atoms with Crippen LogP contribution in [0.1, 0.15) is 51.9 Å². The highest BCUT2D eigenvalue weighted by molar-refractivity contribution is 5.81. The molecule has 2 fully saturated rings. The van der Waals surface area contributed by atoms with Crippen LogP contribution in [0.4, 0.5) is 0 Å². The van der Waals surface area contributed by atoms with Gasteiger partial charge in [0.25, 0.3) is 0 Å². The average molecular weight is 298 g/mol. The molecule has 5 nitrogen and oxygen atoms in total.